The number of nitrogens with zero attached hydrogens (tertiary/aromatic N) is 1. The first-order chi connectivity index (χ1) is 18.0. The highest BCUT2D eigenvalue weighted by Gasteiger charge is 2.33. The molecule has 0 unspecified atom stereocenters. The number of hydrogen-bond donors (Lipinski definition) is 1. The molecule has 1 aliphatic rings. The topological polar surface area (TPSA) is 119 Å². The average Bonchev–Trinajstić information content (AvgIpc) is 3.15. The van der Waals surface area contributed by atoms with E-state index in [0.29, 0.717) is 5.06 Å². The van der Waals surface area contributed by atoms with Crippen molar-refractivity contribution < 1.29 is 33.5 Å². The number of esters is 1. The first-order valence-corrected chi connectivity index (χ1v) is 14.6. The molecule has 0 aromatic rings. The second-order valence-electron chi connectivity index (χ2n) is 11.2. The molecule has 0 aromatic carbocycles. The van der Waals surface area contributed by atoms with Crippen LogP contribution in [0.15, 0.2) is 0 Å². The fourth-order valence-electron chi connectivity index (χ4n) is 4.26. The first-order valence-electron chi connectivity index (χ1n) is 14.6. The number of unbranched alkanes of at least 4 members (excludes halogenated alkanes) is 12. The van der Waals surface area contributed by atoms with Gasteiger partial charge in [0.25, 0.3) is 11.8 Å². The highest BCUT2D eigenvalue weighted by atomic mass is 16.7. The lowest BCUT2D eigenvalue weighted by Crippen LogP contribution is -2.44. The van der Waals surface area contributed by atoms with Crippen LogP contribution < -0.4 is 5.32 Å². The van der Waals surface area contributed by atoms with Gasteiger partial charge in [-0.25, -0.2) is 9.59 Å². The van der Waals surface area contributed by atoms with Crippen molar-refractivity contribution >= 4 is 29.7 Å². The standard InChI is InChI=1S/C29H50N2O7/c1-5-6-7-8-9-10-11-12-13-14-15-16-17-18-24(32)30-23(28(36)37-29(2,3)4)19-22-27(35)38-31-25(33)20-21-26(31)34/h23H,5-22H2,1-4H3,(H,30,32)/t23-/m1/s1. The van der Waals surface area contributed by atoms with E-state index in [1.165, 1.54) is 64.2 Å². The fraction of sp³-hybridized carbons (Fsp3) is 0.828. The monoisotopic (exact) mass is 538 g/mol. The Labute approximate surface area is 228 Å². The number of nitrogens with one attached hydrogen (secondary N) is 1. The third kappa shape index (κ3) is 15.7. The lowest BCUT2D eigenvalue weighted by molar-refractivity contribution is -0.197. The summed E-state index contributed by atoms with van der Waals surface area (Å²) in [5, 5.41) is 3.15. The third-order valence-electron chi connectivity index (χ3n) is 6.37. The molecule has 1 rings (SSSR count). The molecule has 38 heavy (non-hydrogen) atoms. The molecule has 9 heteroatoms. The molecule has 1 aliphatic heterocycles. The van der Waals surface area contributed by atoms with Crippen molar-refractivity contribution in [3.63, 3.8) is 0 Å². The smallest absolute Gasteiger partial charge is 0.333 e. The van der Waals surface area contributed by atoms with Gasteiger partial charge in [-0.05, 0) is 33.6 Å². The number of carbonyl (C=O) groups excluding carboxylic acids is 5. The van der Waals surface area contributed by atoms with Gasteiger partial charge in [0.05, 0.1) is 6.42 Å². The second-order valence-corrected chi connectivity index (χ2v) is 11.2. The molecule has 0 aliphatic carbocycles. The van der Waals surface area contributed by atoms with Crippen LogP contribution in [-0.2, 0) is 33.5 Å². The molecule has 1 N–H and O–H groups in total. The molecule has 9 nitrogen and oxygen atoms in total. The molecular formula is C29H50N2O7. The van der Waals surface area contributed by atoms with Crippen LogP contribution in [0.5, 0.6) is 0 Å². The summed E-state index contributed by atoms with van der Waals surface area (Å²) in [6.45, 7) is 7.39. The van der Waals surface area contributed by atoms with Gasteiger partial charge in [-0.15, -0.1) is 5.06 Å². The maximum absolute atomic E-state index is 12.6. The molecule has 0 spiro atoms. The van der Waals surface area contributed by atoms with Gasteiger partial charge in [0.2, 0.25) is 5.91 Å². The number of hydroxylamine groups is 2. The highest BCUT2D eigenvalue weighted by Crippen LogP contribution is 2.16. The Morgan fingerprint density at radius 1 is 0.789 bits per heavy atom. The summed E-state index contributed by atoms with van der Waals surface area (Å²) >= 11 is 0. The molecule has 0 radical (unpaired) electrons. The lowest BCUT2D eigenvalue weighted by atomic mass is 10.0. The van der Waals surface area contributed by atoms with Crippen LogP contribution in [0.1, 0.15) is 143 Å². The van der Waals surface area contributed by atoms with Crippen molar-refractivity contribution in [2.45, 2.75) is 155 Å². The van der Waals surface area contributed by atoms with Crippen molar-refractivity contribution in [1.82, 2.24) is 10.4 Å². The Morgan fingerprint density at radius 2 is 1.26 bits per heavy atom. The number of carbonyl (C=O) groups is 5. The first kappa shape index (κ1) is 33.6. The van der Waals surface area contributed by atoms with Gasteiger partial charge in [-0.3, -0.25) is 14.4 Å². The quantitative estimate of drug-likeness (QED) is 0.120. The minimum atomic E-state index is -1.03. The average molecular weight is 539 g/mol. The van der Waals surface area contributed by atoms with Crippen LogP contribution >= 0.6 is 0 Å². The number of hydrogen-bond acceptors (Lipinski definition) is 7. The summed E-state index contributed by atoms with van der Waals surface area (Å²) < 4.78 is 5.40. The Morgan fingerprint density at radius 3 is 1.74 bits per heavy atom. The molecule has 1 saturated heterocycles. The Balaban J connectivity index is 2.31. The Kier molecular flexibility index (Phi) is 16.6. The van der Waals surface area contributed by atoms with Crippen molar-refractivity contribution in [2.24, 2.45) is 0 Å². The highest BCUT2D eigenvalue weighted by molar-refractivity contribution is 6.01. The van der Waals surface area contributed by atoms with E-state index in [2.05, 4.69) is 12.2 Å². The molecule has 1 heterocycles. The van der Waals surface area contributed by atoms with E-state index in [1.807, 2.05) is 0 Å². The predicted octanol–water partition coefficient (Wildman–Crippen LogP) is 5.68. The summed E-state index contributed by atoms with van der Waals surface area (Å²) in [4.78, 5) is 65.4. The van der Waals surface area contributed by atoms with E-state index in [-0.39, 0.29) is 38.0 Å². The SMILES string of the molecule is CCCCCCCCCCCCCCCC(=O)N[C@H](CCC(=O)ON1C(=O)CCC1=O)C(=O)OC(C)(C)C. The number of amides is 3. The zero-order chi connectivity index (χ0) is 28.4. The maximum Gasteiger partial charge on any atom is 0.333 e. The van der Waals surface area contributed by atoms with E-state index in [4.69, 9.17) is 9.57 Å². The minimum absolute atomic E-state index is 0.00188. The van der Waals surface area contributed by atoms with Gasteiger partial charge in [0.15, 0.2) is 0 Å². The van der Waals surface area contributed by atoms with Crippen LogP contribution in [0.4, 0.5) is 0 Å². The molecule has 218 valence electrons. The number of ether oxygens (including phenoxy) is 1. The maximum atomic E-state index is 12.6. The van der Waals surface area contributed by atoms with Gasteiger partial charge in [-0.1, -0.05) is 84.0 Å². The molecule has 0 aromatic heterocycles. The Bertz CT molecular complexity index is 745. The van der Waals surface area contributed by atoms with Crippen LogP contribution in [0, 0.1) is 0 Å². The van der Waals surface area contributed by atoms with Crippen molar-refractivity contribution in [3.8, 4) is 0 Å². The van der Waals surface area contributed by atoms with Crippen LogP contribution in [-0.4, -0.2) is 46.4 Å². The minimum Gasteiger partial charge on any atom is -0.458 e. The van der Waals surface area contributed by atoms with Gasteiger partial charge in [-0.2, -0.15) is 0 Å². The van der Waals surface area contributed by atoms with Gasteiger partial charge in [0, 0.05) is 19.3 Å². The van der Waals surface area contributed by atoms with E-state index >= 15 is 0 Å². The van der Waals surface area contributed by atoms with Crippen LogP contribution in [0.25, 0.3) is 0 Å². The zero-order valence-electron chi connectivity index (χ0n) is 24.1. The van der Waals surface area contributed by atoms with Crippen LogP contribution in [0.2, 0.25) is 0 Å². The van der Waals surface area contributed by atoms with E-state index in [9.17, 15) is 24.0 Å². The number of rotatable bonds is 20. The van der Waals surface area contributed by atoms with E-state index < -0.39 is 35.4 Å². The zero-order valence-corrected chi connectivity index (χ0v) is 24.1. The van der Waals surface area contributed by atoms with Crippen LogP contribution in [0.3, 0.4) is 0 Å². The normalized spacial score (nSPS) is 14.5. The van der Waals surface area contributed by atoms with Gasteiger partial charge < -0.3 is 14.9 Å². The molecule has 3 amide bonds. The fourth-order valence-corrected chi connectivity index (χ4v) is 4.26. The second kappa shape index (κ2) is 18.7. The summed E-state index contributed by atoms with van der Waals surface area (Å²) in [7, 11) is 0. The van der Waals surface area contributed by atoms with Crippen molar-refractivity contribution in [1.29, 1.82) is 0 Å². The third-order valence-corrected chi connectivity index (χ3v) is 6.37. The Hall–Kier alpha value is -2.45. The predicted molar refractivity (Wildman–Crippen MR) is 145 cm³/mol. The molecular weight excluding hydrogens is 488 g/mol. The summed E-state index contributed by atoms with van der Waals surface area (Å²) in [5.41, 5.74) is -0.760. The molecule has 0 bridgehead atoms. The number of imide groups is 1. The van der Waals surface area contributed by atoms with E-state index in [1.54, 1.807) is 20.8 Å². The van der Waals surface area contributed by atoms with E-state index in [0.717, 1.165) is 19.3 Å². The lowest BCUT2D eigenvalue weighted by Gasteiger charge is -2.24. The largest absolute Gasteiger partial charge is 0.458 e. The van der Waals surface area contributed by atoms with Gasteiger partial charge in [0.1, 0.15) is 11.6 Å². The molecule has 1 atom stereocenters. The molecule has 1 fully saturated rings. The van der Waals surface area contributed by atoms with Gasteiger partial charge >= 0.3 is 11.9 Å². The summed E-state index contributed by atoms with van der Waals surface area (Å²) in [6, 6.07) is -1.03. The van der Waals surface area contributed by atoms with Crippen molar-refractivity contribution in [2.75, 3.05) is 0 Å². The summed E-state index contributed by atoms with van der Waals surface area (Å²) in [5.74, 6) is -2.89. The molecule has 0 saturated carbocycles. The van der Waals surface area contributed by atoms with Crippen molar-refractivity contribution in [3.05, 3.63) is 0 Å². The summed E-state index contributed by atoms with van der Waals surface area (Å²) in [6.07, 6.45) is 15.7.